The minimum absolute atomic E-state index is 0.0787. The van der Waals surface area contributed by atoms with E-state index < -0.39 is 6.10 Å². The Labute approximate surface area is 147 Å². The molecule has 1 unspecified atom stereocenters. The van der Waals surface area contributed by atoms with Crippen molar-refractivity contribution < 1.29 is 14.3 Å². The number of anilines is 1. The van der Waals surface area contributed by atoms with Gasteiger partial charge in [-0.05, 0) is 37.1 Å². The van der Waals surface area contributed by atoms with Crippen molar-refractivity contribution in [3.05, 3.63) is 59.7 Å². The first-order chi connectivity index (χ1) is 12.0. The van der Waals surface area contributed by atoms with Gasteiger partial charge in [0.2, 0.25) is 5.91 Å². The zero-order valence-electron chi connectivity index (χ0n) is 14.5. The average Bonchev–Trinajstić information content (AvgIpc) is 2.62. The Bertz CT molecular complexity index is 774. The van der Waals surface area contributed by atoms with Gasteiger partial charge in [-0.2, -0.15) is 0 Å². The van der Waals surface area contributed by atoms with Crippen molar-refractivity contribution >= 4 is 17.5 Å². The van der Waals surface area contributed by atoms with Gasteiger partial charge in [0.05, 0.1) is 5.69 Å². The number of aryl methyl sites for hydroxylation is 1. The first kappa shape index (κ1) is 17.0. The molecule has 2 aromatic rings. The summed E-state index contributed by atoms with van der Waals surface area (Å²) in [5.74, 6) is 0.487. The van der Waals surface area contributed by atoms with Crippen LogP contribution in [-0.2, 0) is 16.1 Å². The minimum Gasteiger partial charge on any atom is -0.479 e. The van der Waals surface area contributed by atoms with Crippen LogP contribution in [0.25, 0.3) is 0 Å². The molecule has 5 nitrogen and oxygen atoms in total. The van der Waals surface area contributed by atoms with Crippen LogP contribution in [0.1, 0.15) is 24.5 Å². The number of hydrogen-bond acceptors (Lipinski definition) is 3. The molecular weight excluding hydrogens is 316 g/mol. The van der Waals surface area contributed by atoms with Crippen LogP contribution in [0.2, 0.25) is 0 Å². The van der Waals surface area contributed by atoms with Crippen LogP contribution in [0.15, 0.2) is 48.5 Å². The number of rotatable bonds is 5. The first-order valence-corrected chi connectivity index (χ1v) is 8.44. The van der Waals surface area contributed by atoms with Crippen molar-refractivity contribution in [3.63, 3.8) is 0 Å². The van der Waals surface area contributed by atoms with E-state index in [9.17, 15) is 9.59 Å². The van der Waals surface area contributed by atoms with Gasteiger partial charge in [-0.1, -0.05) is 36.4 Å². The Morgan fingerprint density at radius 3 is 2.72 bits per heavy atom. The third-order valence-corrected chi connectivity index (χ3v) is 4.22. The van der Waals surface area contributed by atoms with Crippen LogP contribution in [0, 0.1) is 6.92 Å². The van der Waals surface area contributed by atoms with Crippen molar-refractivity contribution in [2.45, 2.75) is 32.9 Å². The lowest BCUT2D eigenvalue weighted by Gasteiger charge is -2.33. The van der Waals surface area contributed by atoms with Gasteiger partial charge in [-0.15, -0.1) is 0 Å². The number of carbonyl (C=O) groups excluding carboxylic acids is 2. The number of carbonyl (C=O) groups is 2. The van der Waals surface area contributed by atoms with Gasteiger partial charge in [-0.3, -0.25) is 9.59 Å². The summed E-state index contributed by atoms with van der Waals surface area (Å²) in [6, 6.07) is 15.5. The molecule has 1 atom stereocenters. The van der Waals surface area contributed by atoms with Gasteiger partial charge < -0.3 is 15.0 Å². The Balaban J connectivity index is 1.63. The molecule has 1 heterocycles. The fourth-order valence-corrected chi connectivity index (χ4v) is 2.85. The predicted molar refractivity (Wildman–Crippen MR) is 96.5 cm³/mol. The maximum atomic E-state index is 12.5. The number of nitrogens with zero attached hydrogens (tertiary/aromatic N) is 1. The molecule has 0 radical (unpaired) electrons. The molecule has 0 spiro atoms. The van der Waals surface area contributed by atoms with Crippen molar-refractivity contribution in [2.24, 2.45) is 0 Å². The van der Waals surface area contributed by atoms with Crippen molar-refractivity contribution in [2.75, 3.05) is 11.4 Å². The van der Waals surface area contributed by atoms with E-state index in [-0.39, 0.29) is 18.2 Å². The Morgan fingerprint density at radius 2 is 1.96 bits per heavy atom. The van der Waals surface area contributed by atoms with E-state index >= 15 is 0 Å². The molecule has 3 rings (SSSR count). The van der Waals surface area contributed by atoms with E-state index in [4.69, 9.17) is 4.74 Å². The van der Waals surface area contributed by atoms with E-state index in [2.05, 4.69) is 5.32 Å². The smallest absolute Gasteiger partial charge is 0.267 e. The number of benzene rings is 2. The molecule has 1 aliphatic heterocycles. The minimum atomic E-state index is -0.539. The van der Waals surface area contributed by atoms with E-state index in [1.807, 2.05) is 55.5 Å². The van der Waals surface area contributed by atoms with Gasteiger partial charge in [-0.25, -0.2) is 0 Å². The van der Waals surface area contributed by atoms with Gasteiger partial charge in [0, 0.05) is 19.5 Å². The van der Waals surface area contributed by atoms with Gasteiger partial charge >= 0.3 is 0 Å². The standard InChI is InChI=1S/C20H22N2O3/c1-14-8-9-18-17(12-14)22(20(24)15(2)25-18)11-10-19(23)21-13-16-6-4-3-5-7-16/h3-9,12,15H,10-11,13H2,1-2H3,(H,21,23). The van der Waals surface area contributed by atoms with Crippen LogP contribution in [0.5, 0.6) is 5.75 Å². The van der Waals surface area contributed by atoms with E-state index in [1.165, 1.54) is 0 Å². The lowest BCUT2D eigenvalue weighted by atomic mass is 10.1. The van der Waals surface area contributed by atoms with Gasteiger partial charge in [0.15, 0.2) is 6.10 Å². The molecule has 0 bridgehead atoms. The summed E-state index contributed by atoms with van der Waals surface area (Å²) in [5, 5.41) is 2.89. The van der Waals surface area contributed by atoms with E-state index in [0.29, 0.717) is 18.8 Å². The number of ether oxygens (including phenoxy) is 1. The largest absolute Gasteiger partial charge is 0.479 e. The summed E-state index contributed by atoms with van der Waals surface area (Å²) in [6.45, 7) is 4.52. The maximum absolute atomic E-state index is 12.5. The summed E-state index contributed by atoms with van der Waals surface area (Å²) in [4.78, 5) is 26.3. The normalized spacial score (nSPS) is 16.2. The fourth-order valence-electron chi connectivity index (χ4n) is 2.85. The molecule has 2 aromatic carbocycles. The highest BCUT2D eigenvalue weighted by molar-refractivity contribution is 6.00. The van der Waals surface area contributed by atoms with Crippen LogP contribution < -0.4 is 15.0 Å². The Kier molecular flexibility index (Phi) is 5.03. The Morgan fingerprint density at radius 1 is 1.20 bits per heavy atom. The molecule has 2 amide bonds. The molecule has 0 aliphatic carbocycles. The third kappa shape index (κ3) is 3.99. The zero-order chi connectivity index (χ0) is 17.8. The lowest BCUT2D eigenvalue weighted by molar-refractivity contribution is -0.125. The molecule has 0 saturated heterocycles. The quantitative estimate of drug-likeness (QED) is 0.912. The second-order valence-electron chi connectivity index (χ2n) is 6.23. The van der Waals surface area contributed by atoms with Crippen LogP contribution in [-0.4, -0.2) is 24.5 Å². The Hall–Kier alpha value is -2.82. The number of hydrogen-bond donors (Lipinski definition) is 1. The molecular formula is C20H22N2O3. The molecule has 0 saturated carbocycles. The highest BCUT2D eigenvalue weighted by Gasteiger charge is 2.31. The van der Waals surface area contributed by atoms with Gasteiger partial charge in [0.25, 0.3) is 5.91 Å². The molecule has 1 N–H and O–H groups in total. The highest BCUT2D eigenvalue weighted by Crippen LogP contribution is 2.34. The third-order valence-electron chi connectivity index (χ3n) is 4.22. The second kappa shape index (κ2) is 7.38. The summed E-state index contributed by atoms with van der Waals surface area (Å²) in [5.41, 5.74) is 2.83. The van der Waals surface area contributed by atoms with Crippen LogP contribution in [0.4, 0.5) is 5.69 Å². The van der Waals surface area contributed by atoms with Crippen molar-refractivity contribution in [3.8, 4) is 5.75 Å². The van der Waals surface area contributed by atoms with Crippen molar-refractivity contribution in [1.82, 2.24) is 5.32 Å². The SMILES string of the molecule is Cc1ccc2c(c1)N(CCC(=O)NCc1ccccc1)C(=O)C(C)O2. The average molecular weight is 338 g/mol. The zero-order valence-corrected chi connectivity index (χ0v) is 14.5. The molecule has 130 valence electrons. The predicted octanol–water partition coefficient (Wildman–Crippen LogP) is 2.82. The van der Waals surface area contributed by atoms with E-state index in [1.54, 1.807) is 11.8 Å². The topological polar surface area (TPSA) is 58.6 Å². The molecule has 5 heteroatoms. The molecule has 25 heavy (non-hydrogen) atoms. The monoisotopic (exact) mass is 338 g/mol. The summed E-state index contributed by atoms with van der Waals surface area (Å²) < 4.78 is 5.65. The number of nitrogens with one attached hydrogen (secondary N) is 1. The lowest BCUT2D eigenvalue weighted by Crippen LogP contribution is -2.45. The second-order valence-corrected chi connectivity index (χ2v) is 6.23. The number of amides is 2. The molecule has 1 aliphatic rings. The van der Waals surface area contributed by atoms with Crippen LogP contribution >= 0.6 is 0 Å². The summed E-state index contributed by atoms with van der Waals surface area (Å²) in [7, 11) is 0. The number of fused-ring (bicyclic) bond motifs is 1. The maximum Gasteiger partial charge on any atom is 0.267 e. The van der Waals surface area contributed by atoms with Crippen molar-refractivity contribution in [1.29, 1.82) is 0 Å². The molecule has 0 aromatic heterocycles. The fraction of sp³-hybridized carbons (Fsp3) is 0.300. The summed E-state index contributed by atoms with van der Waals surface area (Å²) >= 11 is 0. The summed E-state index contributed by atoms with van der Waals surface area (Å²) in [6.07, 6.45) is -0.291. The van der Waals surface area contributed by atoms with Gasteiger partial charge in [0.1, 0.15) is 5.75 Å². The van der Waals surface area contributed by atoms with E-state index in [0.717, 1.165) is 16.8 Å². The van der Waals surface area contributed by atoms with Crippen LogP contribution in [0.3, 0.4) is 0 Å². The first-order valence-electron chi connectivity index (χ1n) is 8.44. The molecule has 0 fully saturated rings. The highest BCUT2D eigenvalue weighted by atomic mass is 16.5.